The molecule has 1 aromatic rings. The minimum absolute atomic E-state index is 0.0657. The first-order chi connectivity index (χ1) is 8.50. The van der Waals surface area contributed by atoms with Crippen LogP contribution in [-0.4, -0.2) is 9.98 Å². The topological polar surface area (TPSA) is 78.4 Å². The Kier molecular flexibility index (Phi) is 3.25. The fraction of sp³-hybridized carbons (Fsp3) is 0.167. The third kappa shape index (κ3) is 2.62. The second-order valence-corrected chi connectivity index (χ2v) is 4.52. The van der Waals surface area contributed by atoms with Gasteiger partial charge in [-0.15, -0.1) is 0 Å². The van der Waals surface area contributed by atoms with Crippen molar-refractivity contribution in [1.82, 2.24) is 0 Å². The molecule has 1 aliphatic carbocycles. The van der Waals surface area contributed by atoms with Crippen molar-refractivity contribution in [2.75, 3.05) is 0 Å². The van der Waals surface area contributed by atoms with Crippen LogP contribution in [0.25, 0.3) is 0 Å². The van der Waals surface area contributed by atoms with Crippen LogP contribution in [0.5, 0.6) is 5.75 Å². The third-order valence-electron chi connectivity index (χ3n) is 2.48. The molecule has 6 heteroatoms. The number of alkyl halides is 1. The van der Waals surface area contributed by atoms with Gasteiger partial charge in [-0.05, 0) is 18.2 Å². The zero-order valence-electron chi connectivity index (χ0n) is 9.38. The van der Waals surface area contributed by atoms with Gasteiger partial charge < -0.3 is 10.5 Å². The number of para-hydroxylation sites is 1. The van der Waals surface area contributed by atoms with E-state index in [9.17, 15) is 10.1 Å². The van der Waals surface area contributed by atoms with Crippen LogP contribution in [-0.2, 0) is 0 Å². The molecule has 0 aromatic heterocycles. The number of nitrogens with zero attached hydrogens (tertiary/aromatic N) is 1. The van der Waals surface area contributed by atoms with Crippen molar-refractivity contribution in [2.45, 2.75) is 11.5 Å². The third-order valence-corrected chi connectivity index (χ3v) is 2.81. The van der Waals surface area contributed by atoms with Crippen molar-refractivity contribution in [3.63, 3.8) is 0 Å². The van der Waals surface area contributed by atoms with Crippen LogP contribution in [0.4, 0.5) is 0 Å². The highest BCUT2D eigenvalue weighted by atomic mass is 35.5. The van der Waals surface area contributed by atoms with Crippen molar-refractivity contribution in [3.05, 3.63) is 64.0 Å². The summed E-state index contributed by atoms with van der Waals surface area (Å²) in [5, 5.41) is 9.49. The number of allylic oxidation sites excluding steroid dienone is 1. The van der Waals surface area contributed by atoms with Crippen LogP contribution in [0.3, 0.4) is 0 Å². The van der Waals surface area contributed by atoms with Gasteiger partial charge in [0.15, 0.2) is 0 Å². The van der Waals surface area contributed by atoms with Crippen LogP contribution in [0, 0.1) is 10.1 Å². The van der Waals surface area contributed by atoms with E-state index in [0.717, 1.165) is 0 Å². The van der Waals surface area contributed by atoms with Gasteiger partial charge in [-0.25, -0.2) is 0 Å². The number of ether oxygens (including phenoxy) is 1. The molecule has 5 nitrogen and oxygen atoms in total. The lowest BCUT2D eigenvalue weighted by atomic mass is 10.1. The average molecular weight is 267 g/mol. The molecular formula is C12H11ClN2O3. The molecule has 0 aliphatic heterocycles. The zero-order valence-corrected chi connectivity index (χ0v) is 10.1. The van der Waals surface area contributed by atoms with Gasteiger partial charge in [-0.2, -0.15) is 0 Å². The fourth-order valence-electron chi connectivity index (χ4n) is 1.65. The van der Waals surface area contributed by atoms with Gasteiger partial charge in [0.25, 0.3) is 5.70 Å². The van der Waals surface area contributed by atoms with Crippen molar-refractivity contribution < 1.29 is 9.66 Å². The minimum atomic E-state index is -1.18. The van der Waals surface area contributed by atoms with Gasteiger partial charge in [0, 0.05) is 6.08 Å². The van der Waals surface area contributed by atoms with Crippen molar-refractivity contribution in [1.29, 1.82) is 0 Å². The lowest BCUT2D eigenvalue weighted by molar-refractivity contribution is -0.420. The van der Waals surface area contributed by atoms with Gasteiger partial charge in [-0.1, -0.05) is 29.8 Å². The first kappa shape index (κ1) is 12.4. The molecule has 18 heavy (non-hydrogen) atoms. The lowest BCUT2D eigenvalue weighted by Crippen LogP contribution is -2.32. The van der Waals surface area contributed by atoms with E-state index in [-0.39, 0.29) is 17.8 Å². The van der Waals surface area contributed by atoms with Gasteiger partial charge in [0.05, 0.1) is 17.0 Å². The van der Waals surface area contributed by atoms with Crippen molar-refractivity contribution >= 4 is 11.6 Å². The monoisotopic (exact) mass is 266 g/mol. The number of hydrogen-bond donors (Lipinski definition) is 1. The molecule has 1 aliphatic rings. The number of nitrogens with two attached hydrogens (primary N) is 1. The molecule has 0 spiro atoms. The second kappa shape index (κ2) is 4.70. The van der Waals surface area contributed by atoms with E-state index in [1.807, 2.05) is 18.2 Å². The Labute approximate surface area is 109 Å². The Morgan fingerprint density at radius 1 is 1.39 bits per heavy atom. The first-order valence-electron chi connectivity index (χ1n) is 5.25. The summed E-state index contributed by atoms with van der Waals surface area (Å²) in [5.41, 5.74) is 5.60. The first-order valence-corrected chi connectivity index (χ1v) is 5.63. The van der Waals surface area contributed by atoms with Crippen molar-refractivity contribution in [2.24, 2.45) is 5.73 Å². The molecule has 0 saturated heterocycles. The Hall–Kier alpha value is -2.01. The molecule has 0 saturated carbocycles. The molecule has 1 unspecified atom stereocenters. The van der Waals surface area contributed by atoms with Crippen LogP contribution in [0.2, 0.25) is 0 Å². The van der Waals surface area contributed by atoms with Crippen molar-refractivity contribution in [3.8, 4) is 5.75 Å². The van der Waals surface area contributed by atoms with Crippen LogP contribution in [0.15, 0.2) is 53.9 Å². The van der Waals surface area contributed by atoms with E-state index in [2.05, 4.69) is 0 Å². The lowest BCUT2D eigenvalue weighted by Gasteiger charge is -2.27. The van der Waals surface area contributed by atoms with E-state index < -0.39 is 9.98 Å². The molecule has 0 heterocycles. The summed E-state index contributed by atoms with van der Waals surface area (Å²) < 4.78 is 5.58. The molecule has 1 atom stereocenters. The Balaban J connectivity index is 2.17. The zero-order chi connectivity index (χ0) is 13.2. The summed E-state index contributed by atoms with van der Waals surface area (Å²) in [6.45, 7) is 0. The molecule has 0 fully saturated rings. The molecule has 0 amide bonds. The van der Waals surface area contributed by atoms with Gasteiger partial charge >= 0.3 is 0 Å². The summed E-state index contributed by atoms with van der Waals surface area (Å²) in [6.07, 6.45) is 2.78. The summed E-state index contributed by atoms with van der Waals surface area (Å²) in [6, 6.07) is 8.97. The summed E-state index contributed by atoms with van der Waals surface area (Å²) in [7, 11) is 0. The SMILES string of the molecule is NC1=C([N+](=O)[O-])C=CC(Cl)(Oc2ccccc2)C1. The van der Waals surface area contributed by atoms with E-state index in [0.29, 0.717) is 5.75 Å². The average Bonchev–Trinajstić information content (AvgIpc) is 2.29. The minimum Gasteiger partial charge on any atom is -0.468 e. The standard InChI is InChI=1S/C12H11ClN2O3/c13-12(18-9-4-2-1-3-5-9)7-6-11(15(16)17)10(14)8-12/h1-7H,8,14H2. The predicted molar refractivity (Wildman–Crippen MR) is 67.6 cm³/mol. The molecule has 2 rings (SSSR count). The van der Waals surface area contributed by atoms with Gasteiger partial charge in [-0.3, -0.25) is 10.1 Å². The Morgan fingerprint density at radius 3 is 2.61 bits per heavy atom. The number of rotatable bonds is 3. The van der Waals surface area contributed by atoms with E-state index in [1.165, 1.54) is 12.2 Å². The quantitative estimate of drug-likeness (QED) is 0.518. The Morgan fingerprint density at radius 2 is 2.06 bits per heavy atom. The largest absolute Gasteiger partial charge is 0.468 e. The second-order valence-electron chi connectivity index (χ2n) is 3.88. The van der Waals surface area contributed by atoms with Crippen LogP contribution in [0.1, 0.15) is 6.42 Å². The van der Waals surface area contributed by atoms with E-state index in [4.69, 9.17) is 22.1 Å². The number of halogens is 1. The van der Waals surface area contributed by atoms with Crippen LogP contribution < -0.4 is 10.5 Å². The smallest absolute Gasteiger partial charge is 0.288 e. The highest BCUT2D eigenvalue weighted by Gasteiger charge is 2.34. The predicted octanol–water partition coefficient (Wildman–Crippen LogP) is 2.41. The van der Waals surface area contributed by atoms with Gasteiger partial charge in [0.2, 0.25) is 5.06 Å². The molecule has 0 bridgehead atoms. The molecule has 0 radical (unpaired) electrons. The van der Waals surface area contributed by atoms with Gasteiger partial charge in [0.1, 0.15) is 5.75 Å². The van der Waals surface area contributed by atoms with Crippen LogP contribution >= 0.6 is 11.6 Å². The number of benzene rings is 1. The van der Waals surface area contributed by atoms with E-state index in [1.54, 1.807) is 12.1 Å². The molecule has 2 N–H and O–H groups in total. The normalized spacial score (nSPS) is 22.9. The van der Waals surface area contributed by atoms with E-state index >= 15 is 0 Å². The maximum atomic E-state index is 10.7. The number of nitro groups is 1. The highest BCUT2D eigenvalue weighted by molar-refractivity contribution is 6.24. The molecular weight excluding hydrogens is 256 g/mol. The maximum absolute atomic E-state index is 10.7. The number of hydrogen-bond acceptors (Lipinski definition) is 4. The maximum Gasteiger partial charge on any atom is 0.288 e. The summed E-state index contributed by atoms with van der Waals surface area (Å²) in [5.74, 6) is 0.578. The highest BCUT2D eigenvalue weighted by Crippen LogP contribution is 2.33. The molecule has 1 aromatic carbocycles. The Bertz CT molecular complexity index is 527. The summed E-state index contributed by atoms with van der Waals surface area (Å²) in [4.78, 5) is 10.1. The summed E-state index contributed by atoms with van der Waals surface area (Å²) >= 11 is 6.23. The fourth-order valence-corrected chi connectivity index (χ4v) is 1.95. The molecule has 94 valence electrons.